The van der Waals surface area contributed by atoms with E-state index in [0.29, 0.717) is 23.4 Å². The molecule has 0 spiro atoms. The molecule has 0 bridgehead atoms. The van der Waals surface area contributed by atoms with Gasteiger partial charge < -0.3 is 15.5 Å². The third-order valence-corrected chi connectivity index (χ3v) is 4.50. The van der Waals surface area contributed by atoms with E-state index in [9.17, 15) is 4.79 Å². The largest absolute Gasteiger partial charge is 0.466 e. The van der Waals surface area contributed by atoms with Gasteiger partial charge in [-0.2, -0.15) is 5.10 Å². The zero-order valence-electron chi connectivity index (χ0n) is 17.4. The Kier molecular flexibility index (Phi) is 8.68. The van der Waals surface area contributed by atoms with Gasteiger partial charge in [0.05, 0.1) is 22.8 Å². The first-order valence-electron chi connectivity index (χ1n) is 9.27. The van der Waals surface area contributed by atoms with Crippen LogP contribution in [0.15, 0.2) is 22.7 Å². The van der Waals surface area contributed by atoms with Crippen LogP contribution in [0.25, 0.3) is 22.3 Å². The summed E-state index contributed by atoms with van der Waals surface area (Å²) in [5.41, 5.74) is 8.62. The van der Waals surface area contributed by atoms with E-state index in [1.54, 1.807) is 6.20 Å². The molecule has 160 valence electrons. The van der Waals surface area contributed by atoms with Crippen molar-refractivity contribution in [2.45, 2.75) is 53.1 Å². The number of furan rings is 1. The normalized spacial score (nSPS) is 11.8. The standard InChI is InChI=1S/C20H27N5O2.2ClH/c1-11(2)25-19-17(10-23-25)16(20(26)22-7-6-12(3)21)9-18(24-19)15-8-13(4)27-14(15)5;;/h8-12H,6-7,21H2,1-5H3,(H,22,26);2*1H. The number of halogens is 2. The van der Waals surface area contributed by atoms with Crippen LogP contribution in [-0.2, 0) is 0 Å². The van der Waals surface area contributed by atoms with Crippen LogP contribution in [0.4, 0.5) is 0 Å². The average molecular weight is 442 g/mol. The molecule has 3 rings (SSSR count). The number of rotatable bonds is 6. The molecule has 3 aromatic heterocycles. The molecule has 0 aromatic carbocycles. The molecule has 0 aliphatic heterocycles. The highest BCUT2D eigenvalue weighted by molar-refractivity contribution is 6.06. The summed E-state index contributed by atoms with van der Waals surface area (Å²) < 4.78 is 7.49. The number of fused-ring (bicyclic) bond motifs is 1. The Hall–Kier alpha value is -2.09. The Bertz CT molecular complexity index is 979. The molecule has 1 atom stereocenters. The van der Waals surface area contributed by atoms with Crippen molar-refractivity contribution in [1.82, 2.24) is 20.1 Å². The second-order valence-corrected chi connectivity index (χ2v) is 7.32. The average Bonchev–Trinajstić information content (AvgIpc) is 3.16. The Labute approximate surface area is 183 Å². The maximum absolute atomic E-state index is 12.9. The Morgan fingerprint density at radius 3 is 2.48 bits per heavy atom. The number of carbonyl (C=O) groups is 1. The number of amides is 1. The lowest BCUT2D eigenvalue weighted by Crippen LogP contribution is -2.29. The molecule has 7 nitrogen and oxygen atoms in total. The molecule has 0 aliphatic rings. The van der Waals surface area contributed by atoms with Crippen molar-refractivity contribution in [1.29, 1.82) is 0 Å². The topological polar surface area (TPSA) is 99.0 Å². The highest BCUT2D eigenvalue weighted by Crippen LogP contribution is 2.30. The first-order valence-corrected chi connectivity index (χ1v) is 9.27. The molecule has 3 heterocycles. The SMILES string of the molecule is Cc1cc(-c2cc(C(=O)NCCC(C)N)c3cnn(C(C)C)c3n2)c(C)o1.Cl.Cl. The molecular formula is C20H29Cl2N5O2. The smallest absolute Gasteiger partial charge is 0.252 e. The van der Waals surface area contributed by atoms with E-state index in [-0.39, 0.29) is 42.8 Å². The van der Waals surface area contributed by atoms with Gasteiger partial charge in [0.15, 0.2) is 5.65 Å². The van der Waals surface area contributed by atoms with Crippen LogP contribution in [0.3, 0.4) is 0 Å². The van der Waals surface area contributed by atoms with E-state index >= 15 is 0 Å². The fraction of sp³-hybridized carbons (Fsp3) is 0.450. The van der Waals surface area contributed by atoms with Crippen LogP contribution < -0.4 is 11.1 Å². The van der Waals surface area contributed by atoms with Crippen LogP contribution in [0, 0.1) is 13.8 Å². The predicted molar refractivity (Wildman–Crippen MR) is 120 cm³/mol. The van der Waals surface area contributed by atoms with Crippen LogP contribution in [0.5, 0.6) is 0 Å². The summed E-state index contributed by atoms with van der Waals surface area (Å²) >= 11 is 0. The van der Waals surface area contributed by atoms with Gasteiger partial charge in [0.2, 0.25) is 0 Å². The van der Waals surface area contributed by atoms with Gasteiger partial charge in [0, 0.05) is 24.2 Å². The molecule has 1 unspecified atom stereocenters. The van der Waals surface area contributed by atoms with Crippen molar-refractivity contribution >= 4 is 41.8 Å². The second-order valence-electron chi connectivity index (χ2n) is 7.32. The summed E-state index contributed by atoms with van der Waals surface area (Å²) in [6.45, 7) is 10.3. The van der Waals surface area contributed by atoms with E-state index in [1.165, 1.54) is 0 Å². The minimum absolute atomic E-state index is 0. The van der Waals surface area contributed by atoms with Gasteiger partial charge in [-0.25, -0.2) is 9.67 Å². The minimum Gasteiger partial charge on any atom is -0.466 e. The molecule has 3 aromatic rings. The van der Waals surface area contributed by atoms with E-state index in [2.05, 4.69) is 10.4 Å². The number of hydrogen-bond donors (Lipinski definition) is 2. The van der Waals surface area contributed by atoms with Crippen molar-refractivity contribution in [3.8, 4) is 11.3 Å². The van der Waals surface area contributed by atoms with E-state index in [1.807, 2.05) is 51.4 Å². The lowest BCUT2D eigenvalue weighted by Gasteiger charge is -2.11. The summed E-state index contributed by atoms with van der Waals surface area (Å²) in [5, 5.41) is 8.13. The van der Waals surface area contributed by atoms with E-state index in [4.69, 9.17) is 15.1 Å². The summed E-state index contributed by atoms with van der Waals surface area (Å²) in [6, 6.07) is 3.93. The molecule has 3 N–H and O–H groups in total. The lowest BCUT2D eigenvalue weighted by molar-refractivity contribution is 0.0954. The van der Waals surface area contributed by atoms with Crippen LogP contribution in [0.1, 0.15) is 55.1 Å². The van der Waals surface area contributed by atoms with Gasteiger partial charge in [-0.1, -0.05) is 0 Å². The summed E-state index contributed by atoms with van der Waals surface area (Å²) in [6.07, 6.45) is 2.43. The van der Waals surface area contributed by atoms with E-state index in [0.717, 1.165) is 28.9 Å². The van der Waals surface area contributed by atoms with Gasteiger partial charge >= 0.3 is 0 Å². The monoisotopic (exact) mass is 441 g/mol. The molecule has 0 saturated carbocycles. The van der Waals surface area contributed by atoms with Crippen LogP contribution in [-0.4, -0.2) is 33.3 Å². The van der Waals surface area contributed by atoms with E-state index < -0.39 is 0 Å². The zero-order valence-corrected chi connectivity index (χ0v) is 19.0. The Morgan fingerprint density at radius 1 is 1.24 bits per heavy atom. The van der Waals surface area contributed by atoms with Crippen molar-refractivity contribution in [3.05, 3.63) is 35.4 Å². The van der Waals surface area contributed by atoms with Crippen LogP contribution in [0.2, 0.25) is 0 Å². The number of hydrogen-bond acceptors (Lipinski definition) is 5. The van der Waals surface area contributed by atoms with Crippen LogP contribution >= 0.6 is 24.8 Å². The molecular weight excluding hydrogens is 413 g/mol. The van der Waals surface area contributed by atoms with Gasteiger partial charge in [-0.3, -0.25) is 4.79 Å². The van der Waals surface area contributed by atoms with Crippen molar-refractivity contribution in [3.63, 3.8) is 0 Å². The van der Waals surface area contributed by atoms with Gasteiger partial charge in [-0.05, 0) is 53.2 Å². The molecule has 0 fully saturated rings. The summed E-state index contributed by atoms with van der Waals surface area (Å²) in [5.74, 6) is 1.44. The molecule has 0 radical (unpaired) electrons. The molecule has 9 heteroatoms. The number of aromatic nitrogens is 3. The molecule has 1 amide bonds. The lowest BCUT2D eigenvalue weighted by atomic mass is 10.1. The highest BCUT2D eigenvalue weighted by atomic mass is 35.5. The maximum Gasteiger partial charge on any atom is 0.252 e. The molecule has 0 saturated heterocycles. The number of pyridine rings is 1. The summed E-state index contributed by atoms with van der Waals surface area (Å²) in [7, 11) is 0. The number of carbonyl (C=O) groups excluding carboxylic acids is 1. The third kappa shape index (κ3) is 5.29. The Morgan fingerprint density at radius 2 is 1.93 bits per heavy atom. The predicted octanol–water partition coefficient (Wildman–Crippen LogP) is 4.20. The van der Waals surface area contributed by atoms with Gasteiger partial charge in [-0.15, -0.1) is 24.8 Å². The van der Waals surface area contributed by atoms with Gasteiger partial charge in [0.25, 0.3) is 5.91 Å². The number of nitrogens with one attached hydrogen (secondary N) is 1. The zero-order chi connectivity index (χ0) is 19.7. The minimum atomic E-state index is -0.148. The second kappa shape index (κ2) is 10.1. The first kappa shape index (κ1) is 24.9. The fourth-order valence-corrected chi connectivity index (χ4v) is 3.12. The van der Waals surface area contributed by atoms with Crippen molar-refractivity contribution in [2.75, 3.05) is 6.54 Å². The maximum atomic E-state index is 12.9. The van der Waals surface area contributed by atoms with Gasteiger partial charge in [0.1, 0.15) is 11.5 Å². The quantitative estimate of drug-likeness (QED) is 0.596. The number of aryl methyl sites for hydroxylation is 2. The molecule has 0 aliphatic carbocycles. The van der Waals surface area contributed by atoms with Crippen molar-refractivity contribution in [2.24, 2.45) is 5.73 Å². The highest BCUT2D eigenvalue weighted by Gasteiger charge is 2.20. The third-order valence-electron chi connectivity index (χ3n) is 4.50. The number of nitrogens with zero attached hydrogens (tertiary/aromatic N) is 3. The van der Waals surface area contributed by atoms with Crippen molar-refractivity contribution < 1.29 is 9.21 Å². The summed E-state index contributed by atoms with van der Waals surface area (Å²) in [4.78, 5) is 17.6. The first-order chi connectivity index (χ1) is 12.8. The Balaban J connectivity index is 0.00000210. The fourth-order valence-electron chi connectivity index (χ4n) is 3.12. The molecule has 29 heavy (non-hydrogen) atoms. The number of nitrogens with two attached hydrogens (primary N) is 1.